The van der Waals surface area contributed by atoms with E-state index in [-0.39, 0.29) is 36.3 Å². The Kier molecular flexibility index (Phi) is 8.96. The summed E-state index contributed by atoms with van der Waals surface area (Å²) in [4.78, 5) is 29.3. The van der Waals surface area contributed by atoms with Crippen molar-refractivity contribution in [2.75, 3.05) is 18.4 Å². The molecule has 0 atom stereocenters. The third-order valence-electron chi connectivity index (χ3n) is 4.55. The van der Waals surface area contributed by atoms with Gasteiger partial charge in [-0.15, -0.1) is 24.8 Å². The summed E-state index contributed by atoms with van der Waals surface area (Å²) in [6.07, 6.45) is 2.64. The number of aryl methyl sites for hydroxylation is 2. The molecule has 3 heterocycles. The zero-order chi connectivity index (χ0) is 17.8. The first kappa shape index (κ1) is 23.1. The molecular formula is C19H25Cl2N3O3. The van der Waals surface area contributed by atoms with Crippen molar-refractivity contribution in [3.8, 4) is 0 Å². The summed E-state index contributed by atoms with van der Waals surface area (Å²) >= 11 is 0. The highest BCUT2D eigenvalue weighted by molar-refractivity contribution is 6.04. The number of nitrogens with zero attached hydrogens (tertiary/aromatic N) is 1. The van der Waals surface area contributed by atoms with Crippen molar-refractivity contribution >= 4 is 36.5 Å². The quantitative estimate of drug-likeness (QED) is 0.801. The van der Waals surface area contributed by atoms with Gasteiger partial charge in [-0.2, -0.15) is 0 Å². The number of hydrogen-bond acceptors (Lipinski definition) is 5. The smallest absolute Gasteiger partial charge is 0.349 e. The molecule has 0 aliphatic carbocycles. The molecule has 0 bridgehead atoms. The zero-order valence-corrected chi connectivity index (χ0v) is 17.0. The molecule has 0 saturated carbocycles. The molecule has 1 aliphatic heterocycles. The summed E-state index contributed by atoms with van der Waals surface area (Å²) in [5.74, 6) is 0.855. The molecule has 0 radical (unpaired) electrons. The van der Waals surface area contributed by atoms with E-state index in [9.17, 15) is 9.59 Å². The molecule has 1 saturated heterocycles. The van der Waals surface area contributed by atoms with Gasteiger partial charge in [-0.05, 0) is 63.0 Å². The minimum Gasteiger partial charge on any atom is -0.427 e. The van der Waals surface area contributed by atoms with Gasteiger partial charge in [-0.3, -0.25) is 4.79 Å². The van der Waals surface area contributed by atoms with E-state index in [1.54, 1.807) is 13.0 Å². The Balaban J connectivity index is 0.00000182. The van der Waals surface area contributed by atoms with Gasteiger partial charge in [0.2, 0.25) is 0 Å². The van der Waals surface area contributed by atoms with E-state index < -0.39 is 11.5 Å². The van der Waals surface area contributed by atoms with E-state index in [0.717, 1.165) is 38.0 Å². The summed E-state index contributed by atoms with van der Waals surface area (Å²) in [7, 11) is 0. The lowest BCUT2D eigenvalue weighted by atomic mass is 9.94. The Morgan fingerprint density at radius 3 is 2.63 bits per heavy atom. The van der Waals surface area contributed by atoms with Crippen molar-refractivity contribution in [3.63, 3.8) is 0 Å². The second-order valence-corrected chi connectivity index (χ2v) is 6.34. The molecule has 27 heavy (non-hydrogen) atoms. The van der Waals surface area contributed by atoms with Gasteiger partial charge in [-0.25, -0.2) is 9.78 Å². The van der Waals surface area contributed by atoms with Crippen LogP contribution in [0.15, 0.2) is 33.5 Å². The van der Waals surface area contributed by atoms with Crippen molar-refractivity contribution in [1.82, 2.24) is 10.3 Å². The molecule has 1 aliphatic rings. The van der Waals surface area contributed by atoms with E-state index >= 15 is 0 Å². The standard InChI is InChI=1S/C19H23N3O3.2ClH/c1-3-14-5-4-6-16(21-14)22-18(23)17-12(2)11-15(25-19(17)24)13-7-9-20-10-8-13;;/h4-6,11,13,20H,3,7-10H2,1-2H3,(H,21,22,23);2*1H. The average Bonchev–Trinajstić information content (AvgIpc) is 2.62. The predicted octanol–water partition coefficient (Wildman–Crippen LogP) is 3.47. The number of rotatable bonds is 4. The van der Waals surface area contributed by atoms with Crippen LogP contribution in [0.3, 0.4) is 0 Å². The average molecular weight is 414 g/mol. The highest BCUT2D eigenvalue weighted by atomic mass is 35.5. The van der Waals surface area contributed by atoms with Gasteiger partial charge >= 0.3 is 5.63 Å². The van der Waals surface area contributed by atoms with Crippen LogP contribution in [0.4, 0.5) is 5.82 Å². The third-order valence-corrected chi connectivity index (χ3v) is 4.55. The van der Waals surface area contributed by atoms with E-state index in [1.807, 2.05) is 25.1 Å². The number of carbonyl (C=O) groups is 1. The van der Waals surface area contributed by atoms with Gasteiger partial charge in [0, 0.05) is 11.6 Å². The normalized spacial score (nSPS) is 14.0. The number of nitrogens with one attached hydrogen (secondary N) is 2. The Labute approximate surface area is 171 Å². The molecule has 148 valence electrons. The fraction of sp³-hybridized carbons (Fsp3) is 0.421. The van der Waals surface area contributed by atoms with Crippen molar-refractivity contribution in [1.29, 1.82) is 0 Å². The van der Waals surface area contributed by atoms with Crippen molar-refractivity contribution in [2.45, 2.75) is 39.0 Å². The maximum absolute atomic E-state index is 12.5. The molecule has 0 spiro atoms. The van der Waals surface area contributed by atoms with Crippen LogP contribution in [0, 0.1) is 6.92 Å². The SMILES string of the molecule is CCc1cccc(NC(=O)c2c(C)cc(C3CCNCC3)oc2=O)n1.Cl.Cl. The predicted molar refractivity (Wildman–Crippen MR) is 111 cm³/mol. The number of amides is 1. The topological polar surface area (TPSA) is 84.2 Å². The van der Waals surface area contributed by atoms with Crippen molar-refractivity contribution in [3.05, 3.63) is 57.3 Å². The molecule has 1 fully saturated rings. The lowest BCUT2D eigenvalue weighted by molar-refractivity contribution is 0.102. The van der Waals surface area contributed by atoms with Crippen LogP contribution in [-0.4, -0.2) is 24.0 Å². The first-order chi connectivity index (χ1) is 12.1. The van der Waals surface area contributed by atoms with Gasteiger partial charge in [-0.1, -0.05) is 13.0 Å². The van der Waals surface area contributed by atoms with Crippen LogP contribution in [0.2, 0.25) is 0 Å². The number of halogens is 2. The minimum absolute atomic E-state index is 0. The van der Waals surface area contributed by atoms with Crippen LogP contribution < -0.4 is 16.3 Å². The summed E-state index contributed by atoms with van der Waals surface area (Å²) in [5, 5.41) is 5.98. The number of pyridine rings is 1. The fourth-order valence-corrected chi connectivity index (χ4v) is 3.14. The highest BCUT2D eigenvalue weighted by Gasteiger charge is 2.22. The highest BCUT2D eigenvalue weighted by Crippen LogP contribution is 2.25. The molecular weight excluding hydrogens is 389 g/mol. The zero-order valence-electron chi connectivity index (χ0n) is 15.4. The van der Waals surface area contributed by atoms with Crippen LogP contribution in [0.5, 0.6) is 0 Å². The maximum Gasteiger partial charge on any atom is 0.349 e. The lowest BCUT2D eigenvalue weighted by Gasteiger charge is -2.21. The molecule has 0 aromatic carbocycles. The van der Waals surface area contributed by atoms with Crippen molar-refractivity contribution < 1.29 is 9.21 Å². The fourth-order valence-electron chi connectivity index (χ4n) is 3.14. The van der Waals surface area contributed by atoms with E-state index in [2.05, 4.69) is 15.6 Å². The van der Waals surface area contributed by atoms with Gasteiger partial charge in [0.15, 0.2) is 0 Å². The number of anilines is 1. The maximum atomic E-state index is 12.5. The molecule has 8 heteroatoms. The lowest BCUT2D eigenvalue weighted by Crippen LogP contribution is -2.28. The Hall–Kier alpha value is -1.89. The molecule has 6 nitrogen and oxygen atoms in total. The van der Waals surface area contributed by atoms with E-state index in [4.69, 9.17) is 4.42 Å². The summed E-state index contributed by atoms with van der Waals surface area (Å²) in [6.45, 7) is 5.59. The van der Waals surface area contributed by atoms with Gasteiger partial charge in [0.1, 0.15) is 17.1 Å². The largest absolute Gasteiger partial charge is 0.427 e. The third kappa shape index (κ3) is 5.54. The van der Waals surface area contributed by atoms with Crippen LogP contribution in [-0.2, 0) is 6.42 Å². The van der Waals surface area contributed by atoms with Gasteiger partial charge < -0.3 is 15.1 Å². The van der Waals surface area contributed by atoms with Gasteiger partial charge in [0.25, 0.3) is 5.91 Å². The van der Waals surface area contributed by atoms with Crippen LogP contribution in [0.25, 0.3) is 0 Å². The number of piperidine rings is 1. The Morgan fingerprint density at radius 2 is 2.00 bits per heavy atom. The first-order valence-corrected chi connectivity index (χ1v) is 8.71. The molecule has 2 aromatic heterocycles. The second-order valence-electron chi connectivity index (χ2n) is 6.34. The molecule has 2 N–H and O–H groups in total. The molecule has 2 aromatic rings. The minimum atomic E-state index is -0.585. The van der Waals surface area contributed by atoms with E-state index in [0.29, 0.717) is 17.1 Å². The molecule has 1 amide bonds. The molecule has 0 unspecified atom stereocenters. The van der Waals surface area contributed by atoms with Gasteiger partial charge in [0.05, 0.1) is 0 Å². The van der Waals surface area contributed by atoms with Crippen LogP contribution >= 0.6 is 24.8 Å². The second kappa shape index (κ2) is 10.4. The monoisotopic (exact) mass is 413 g/mol. The first-order valence-electron chi connectivity index (χ1n) is 8.71. The Bertz CT molecular complexity index is 833. The van der Waals surface area contributed by atoms with Crippen LogP contribution in [0.1, 0.15) is 53.1 Å². The number of hydrogen-bond donors (Lipinski definition) is 2. The Morgan fingerprint density at radius 1 is 1.30 bits per heavy atom. The number of carbonyl (C=O) groups excluding carboxylic acids is 1. The van der Waals surface area contributed by atoms with E-state index in [1.165, 1.54) is 0 Å². The van der Waals surface area contributed by atoms with Crippen molar-refractivity contribution in [2.24, 2.45) is 0 Å². The molecule has 3 rings (SSSR count). The summed E-state index contributed by atoms with van der Waals surface area (Å²) in [6, 6.07) is 7.25. The summed E-state index contributed by atoms with van der Waals surface area (Å²) in [5.41, 5.74) is 0.968. The summed E-state index contributed by atoms with van der Waals surface area (Å²) < 4.78 is 5.47. The number of aromatic nitrogens is 1.